The summed E-state index contributed by atoms with van der Waals surface area (Å²) < 4.78 is 11.0. The van der Waals surface area contributed by atoms with Gasteiger partial charge in [-0.3, -0.25) is 0 Å². The second-order valence-electron chi connectivity index (χ2n) is 5.33. The Labute approximate surface area is 113 Å². The summed E-state index contributed by atoms with van der Waals surface area (Å²) in [7, 11) is 0. The lowest BCUT2D eigenvalue weighted by atomic mass is 9.83. The summed E-state index contributed by atoms with van der Waals surface area (Å²) >= 11 is 0. The van der Waals surface area contributed by atoms with Crippen molar-refractivity contribution in [2.45, 2.75) is 38.2 Å². The van der Waals surface area contributed by atoms with Crippen LogP contribution in [0.15, 0.2) is 6.07 Å². The molecular weight excluding hydrogens is 242 g/mol. The summed E-state index contributed by atoms with van der Waals surface area (Å²) in [6.07, 6.45) is 3.94. The number of nitrogens with one attached hydrogen (secondary N) is 1. The van der Waals surface area contributed by atoms with E-state index < -0.39 is 0 Å². The summed E-state index contributed by atoms with van der Waals surface area (Å²) in [6, 6.07) is 2.11. The van der Waals surface area contributed by atoms with Crippen LogP contribution in [0, 0.1) is 6.92 Å². The molecular formula is C14H21N3O2. The first kappa shape index (κ1) is 12.8. The SMILES string of the molecule is Cc1cc(C2CCC2)nc(NCC2COCCO2)n1. The van der Waals surface area contributed by atoms with E-state index in [2.05, 4.69) is 21.4 Å². The van der Waals surface area contributed by atoms with Gasteiger partial charge in [-0.1, -0.05) is 6.42 Å². The Morgan fingerprint density at radius 2 is 2.21 bits per heavy atom. The van der Waals surface area contributed by atoms with Gasteiger partial charge in [0.1, 0.15) is 0 Å². The van der Waals surface area contributed by atoms with Crippen molar-refractivity contribution >= 4 is 5.95 Å². The quantitative estimate of drug-likeness (QED) is 0.899. The zero-order valence-electron chi connectivity index (χ0n) is 11.4. The first-order chi connectivity index (χ1) is 9.31. The highest BCUT2D eigenvalue weighted by Gasteiger charge is 2.22. The molecule has 2 aliphatic rings. The van der Waals surface area contributed by atoms with Crippen LogP contribution in [0.4, 0.5) is 5.95 Å². The van der Waals surface area contributed by atoms with Gasteiger partial charge < -0.3 is 14.8 Å². The van der Waals surface area contributed by atoms with E-state index in [1.54, 1.807) is 0 Å². The van der Waals surface area contributed by atoms with Gasteiger partial charge in [-0.15, -0.1) is 0 Å². The van der Waals surface area contributed by atoms with Crippen LogP contribution in [0.1, 0.15) is 36.6 Å². The van der Waals surface area contributed by atoms with Gasteiger partial charge in [-0.05, 0) is 25.8 Å². The van der Waals surface area contributed by atoms with Crippen LogP contribution in [0.2, 0.25) is 0 Å². The fourth-order valence-corrected chi connectivity index (χ4v) is 2.44. The van der Waals surface area contributed by atoms with Crippen molar-refractivity contribution in [2.75, 3.05) is 31.7 Å². The molecule has 1 aromatic rings. The number of nitrogens with zero attached hydrogens (tertiary/aromatic N) is 2. The molecule has 1 saturated heterocycles. The summed E-state index contributed by atoms with van der Waals surface area (Å²) in [6.45, 7) is 4.74. The van der Waals surface area contributed by atoms with Crippen LogP contribution in [-0.2, 0) is 9.47 Å². The molecule has 19 heavy (non-hydrogen) atoms. The van der Waals surface area contributed by atoms with Gasteiger partial charge in [0.15, 0.2) is 0 Å². The number of aromatic nitrogens is 2. The predicted molar refractivity (Wildman–Crippen MR) is 72.4 cm³/mol. The topological polar surface area (TPSA) is 56.3 Å². The molecule has 2 fully saturated rings. The first-order valence-corrected chi connectivity index (χ1v) is 7.10. The Balaban J connectivity index is 1.61. The van der Waals surface area contributed by atoms with Crippen LogP contribution >= 0.6 is 0 Å². The maximum Gasteiger partial charge on any atom is 0.223 e. The molecule has 1 atom stereocenters. The summed E-state index contributed by atoms with van der Waals surface area (Å²) in [5.74, 6) is 1.35. The third kappa shape index (κ3) is 3.22. The number of hydrogen-bond acceptors (Lipinski definition) is 5. The highest BCUT2D eigenvalue weighted by molar-refractivity contribution is 5.30. The number of rotatable bonds is 4. The fourth-order valence-electron chi connectivity index (χ4n) is 2.44. The average Bonchev–Trinajstić information content (AvgIpc) is 2.35. The van der Waals surface area contributed by atoms with E-state index in [0.717, 1.165) is 11.6 Å². The van der Waals surface area contributed by atoms with Gasteiger partial charge >= 0.3 is 0 Å². The molecule has 5 heteroatoms. The van der Waals surface area contributed by atoms with Gasteiger partial charge in [0.05, 0.1) is 25.9 Å². The molecule has 1 aromatic heterocycles. The molecule has 1 unspecified atom stereocenters. The van der Waals surface area contributed by atoms with Crippen molar-refractivity contribution in [1.29, 1.82) is 0 Å². The second-order valence-corrected chi connectivity index (χ2v) is 5.33. The number of ether oxygens (including phenoxy) is 2. The molecule has 1 saturated carbocycles. The lowest BCUT2D eigenvalue weighted by Gasteiger charge is -2.26. The molecule has 0 bridgehead atoms. The first-order valence-electron chi connectivity index (χ1n) is 7.10. The molecule has 5 nitrogen and oxygen atoms in total. The van der Waals surface area contributed by atoms with E-state index in [-0.39, 0.29) is 6.10 Å². The minimum absolute atomic E-state index is 0.102. The minimum atomic E-state index is 0.102. The molecule has 1 N–H and O–H groups in total. The van der Waals surface area contributed by atoms with E-state index >= 15 is 0 Å². The van der Waals surface area contributed by atoms with Gasteiger partial charge in [0, 0.05) is 23.9 Å². The molecule has 1 aliphatic heterocycles. The second kappa shape index (κ2) is 5.84. The highest BCUT2D eigenvalue weighted by Crippen LogP contribution is 2.35. The third-order valence-electron chi connectivity index (χ3n) is 3.77. The Morgan fingerprint density at radius 3 is 2.89 bits per heavy atom. The molecule has 3 rings (SSSR count). The number of hydrogen-bond donors (Lipinski definition) is 1. The van der Waals surface area contributed by atoms with Crippen LogP contribution in [0.3, 0.4) is 0 Å². The van der Waals surface area contributed by atoms with Crippen LogP contribution in [-0.4, -0.2) is 42.4 Å². The van der Waals surface area contributed by atoms with Crippen molar-refractivity contribution in [1.82, 2.24) is 9.97 Å². The Morgan fingerprint density at radius 1 is 1.32 bits per heavy atom. The van der Waals surface area contributed by atoms with Crippen molar-refractivity contribution in [3.05, 3.63) is 17.5 Å². The van der Waals surface area contributed by atoms with Crippen LogP contribution in [0.25, 0.3) is 0 Å². The summed E-state index contributed by atoms with van der Waals surface area (Å²) in [4.78, 5) is 9.06. The maximum absolute atomic E-state index is 5.60. The Bertz CT molecular complexity index is 429. The molecule has 1 aliphatic carbocycles. The lowest BCUT2D eigenvalue weighted by molar-refractivity contribution is -0.0819. The van der Waals surface area contributed by atoms with Crippen molar-refractivity contribution < 1.29 is 9.47 Å². The monoisotopic (exact) mass is 263 g/mol. The molecule has 0 spiro atoms. The molecule has 104 valence electrons. The van der Waals surface area contributed by atoms with Crippen LogP contribution < -0.4 is 5.32 Å². The van der Waals surface area contributed by atoms with Crippen LogP contribution in [0.5, 0.6) is 0 Å². The van der Waals surface area contributed by atoms with E-state index in [1.165, 1.54) is 25.0 Å². The van der Waals surface area contributed by atoms with Crippen molar-refractivity contribution in [2.24, 2.45) is 0 Å². The zero-order valence-corrected chi connectivity index (χ0v) is 11.4. The third-order valence-corrected chi connectivity index (χ3v) is 3.77. The maximum atomic E-state index is 5.60. The molecule has 0 aromatic carbocycles. The largest absolute Gasteiger partial charge is 0.376 e. The van der Waals surface area contributed by atoms with Gasteiger partial charge in [-0.2, -0.15) is 0 Å². The fraction of sp³-hybridized carbons (Fsp3) is 0.714. The molecule has 2 heterocycles. The van der Waals surface area contributed by atoms with Crippen molar-refractivity contribution in [3.8, 4) is 0 Å². The average molecular weight is 263 g/mol. The normalized spacial score (nSPS) is 23.9. The predicted octanol–water partition coefficient (Wildman–Crippen LogP) is 1.88. The van der Waals surface area contributed by atoms with Gasteiger partial charge in [0.2, 0.25) is 5.95 Å². The number of anilines is 1. The standard InChI is InChI=1S/C14H21N3O2/c1-10-7-13(11-3-2-4-11)17-14(16-10)15-8-12-9-18-5-6-19-12/h7,11-12H,2-6,8-9H2,1H3,(H,15,16,17). The van der Waals surface area contributed by atoms with E-state index in [0.29, 0.717) is 32.3 Å². The summed E-state index contributed by atoms with van der Waals surface area (Å²) in [5.41, 5.74) is 2.21. The smallest absolute Gasteiger partial charge is 0.223 e. The zero-order chi connectivity index (χ0) is 13.1. The number of aryl methyl sites for hydroxylation is 1. The van der Waals surface area contributed by atoms with E-state index in [4.69, 9.17) is 9.47 Å². The molecule has 0 amide bonds. The van der Waals surface area contributed by atoms with E-state index in [1.807, 2.05) is 6.92 Å². The lowest BCUT2D eigenvalue weighted by Crippen LogP contribution is -2.34. The van der Waals surface area contributed by atoms with E-state index in [9.17, 15) is 0 Å². The Kier molecular flexibility index (Phi) is 3.94. The van der Waals surface area contributed by atoms with Gasteiger partial charge in [-0.25, -0.2) is 9.97 Å². The van der Waals surface area contributed by atoms with Crippen molar-refractivity contribution in [3.63, 3.8) is 0 Å². The highest BCUT2D eigenvalue weighted by atomic mass is 16.6. The summed E-state index contributed by atoms with van der Waals surface area (Å²) in [5, 5.41) is 3.27. The van der Waals surface area contributed by atoms with Gasteiger partial charge in [0.25, 0.3) is 0 Å². The Hall–Kier alpha value is -1.20. The minimum Gasteiger partial charge on any atom is -0.376 e. The molecule has 0 radical (unpaired) electrons.